The number of carbonyl (C=O) groups is 1. The molecule has 3 rings (SSSR count). The molecule has 2 heterocycles. The molecule has 2 aromatic rings. The average Bonchev–Trinajstić information content (AvgIpc) is 2.93. The highest BCUT2D eigenvalue weighted by Gasteiger charge is 2.30. The predicted molar refractivity (Wildman–Crippen MR) is 73.5 cm³/mol. The minimum atomic E-state index is -0.0728. The van der Waals surface area contributed by atoms with Crippen molar-refractivity contribution >= 4 is 33.7 Å². The summed E-state index contributed by atoms with van der Waals surface area (Å²) in [6, 6.07) is 0. The normalized spacial score (nSPS) is 14.7. The van der Waals surface area contributed by atoms with Gasteiger partial charge in [-0.25, -0.2) is 9.97 Å². The molecule has 1 aliphatic rings. The van der Waals surface area contributed by atoms with Crippen LogP contribution in [0.25, 0.3) is 0 Å². The number of rotatable bonds is 4. The number of nitrogens with zero attached hydrogens (tertiary/aromatic N) is 2. The zero-order chi connectivity index (χ0) is 12.5. The second-order valence-electron chi connectivity index (χ2n) is 4.28. The standard InChI is InChI=1S/C12H13N3OS2/c1-2-8-5-13-12(18-8)15-11(16)10-9(7-3-4-7)14-6-17-10/h5-7H,2-4H2,1H3,(H,13,15,16). The van der Waals surface area contributed by atoms with E-state index < -0.39 is 0 Å². The summed E-state index contributed by atoms with van der Waals surface area (Å²) in [4.78, 5) is 22.6. The Bertz CT molecular complexity index is 571. The zero-order valence-electron chi connectivity index (χ0n) is 9.97. The van der Waals surface area contributed by atoms with Crippen LogP contribution in [0, 0.1) is 0 Å². The minimum absolute atomic E-state index is 0.0728. The first-order valence-electron chi connectivity index (χ1n) is 5.97. The van der Waals surface area contributed by atoms with Crippen LogP contribution in [0.1, 0.15) is 45.9 Å². The third kappa shape index (κ3) is 2.30. The second-order valence-corrected chi connectivity index (χ2v) is 6.25. The predicted octanol–water partition coefficient (Wildman–Crippen LogP) is 3.29. The molecule has 0 unspecified atom stereocenters. The van der Waals surface area contributed by atoms with Crippen molar-refractivity contribution in [3.8, 4) is 0 Å². The van der Waals surface area contributed by atoms with E-state index in [1.165, 1.54) is 27.6 Å². The lowest BCUT2D eigenvalue weighted by atomic mass is 10.2. The Hall–Kier alpha value is -1.27. The first-order valence-corrected chi connectivity index (χ1v) is 7.67. The Balaban J connectivity index is 1.75. The van der Waals surface area contributed by atoms with E-state index in [0.717, 1.165) is 29.8 Å². The molecule has 1 amide bonds. The van der Waals surface area contributed by atoms with E-state index >= 15 is 0 Å². The van der Waals surface area contributed by atoms with Gasteiger partial charge >= 0.3 is 0 Å². The second kappa shape index (κ2) is 4.78. The molecule has 0 aromatic carbocycles. The lowest BCUT2D eigenvalue weighted by molar-refractivity contribution is 0.102. The molecule has 94 valence electrons. The van der Waals surface area contributed by atoms with E-state index in [2.05, 4.69) is 22.2 Å². The Morgan fingerprint density at radius 3 is 3.00 bits per heavy atom. The van der Waals surface area contributed by atoms with Crippen molar-refractivity contribution < 1.29 is 4.79 Å². The topological polar surface area (TPSA) is 54.9 Å². The Morgan fingerprint density at radius 2 is 2.33 bits per heavy atom. The van der Waals surface area contributed by atoms with Crippen molar-refractivity contribution in [2.75, 3.05) is 5.32 Å². The number of carbonyl (C=O) groups excluding carboxylic acids is 1. The fourth-order valence-electron chi connectivity index (χ4n) is 1.75. The number of aryl methyl sites for hydroxylation is 1. The molecular weight excluding hydrogens is 266 g/mol. The molecule has 18 heavy (non-hydrogen) atoms. The molecule has 1 fully saturated rings. The van der Waals surface area contributed by atoms with Crippen molar-refractivity contribution in [3.05, 3.63) is 27.2 Å². The van der Waals surface area contributed by atoms with Crippen LogP contribution in [0.3, 0.4) is 0 Å². The largest absolute Gasteiger partial charge is 0.297 e. The number of hydrogen-bond donors (Lipinski definition) is 1. The van der Waals surface area contributed by atoms with Crippen LogP contribution in [-0.2, 0) is 6.42 Å². The van der Waals surface area contributed by atoms with Crippen molar-refractivity contribution in [1.82, 2.24) is 9.97 Å². The van der Waals surface area contributed by atoms with Gasteiger partial charge in [-0.3, -0.25) is 10.1 Å². The fourth-order valence-corrected chi connectivity index (χ4v) is 3.27. The first kappa shape index (κ1) is 11.8. The van der Waals surface area contributed by atoms with Crippen molar-refractivity contribution in [3.63, 3.8) is 0 Å². The molecule has 0 atom stereocenters. The van der Waals surface area contributed by atoms with E-state index in [9.17, 15) is 4.79 Å². The van der Waals surface area contributed by atoms with E-state index in [1.54, 1.807) is 5.51 Å². The molecular formula is C12H13N3OS2. The maximum atomic E-state index is 12.2. The van der Waals surface area contributed by atoms with Gasteiger partial charge in [0.1, 0.15) is 4.88 Å². The first-order chi connectivity index (χ1) is 8.78. The van der Waals surface area contributed by atoms with Crippen molar-refractivity contribution in [2.24, 2.45) is 0 Å². The van der Waals surface area contributed by atoms with Crippen LogP contribution in [0.5, 0.6) is 0 Å². The quantitative estimate of drug-likeness (QED) is 0.934. The SMILES string of the molecule is CCc1cnc(NC(=O)c2scnc2C2CC2)s1. The van der Waals surface area contributed by atoms with Crippen LogP contribution in [0.2, 0.25) is 0 Å². The van der Waals surface area contributed by atoms with E-state index in [0.29, 0.717) is 11.0 Å². The molecule has 0 spiro atoms. The lowest BCUT2D eigenvalue weighted by Crippen LogP contribution is -2.11. The smallest absolute Gasteiger partial charge is 0.269 e. The van der Waals surface area contributed by atoms with Gasteiger partial charge in [0.15, 0.2) is 5.13 Å². The van der Waals surface area contributed by atoms with E-state index in [1.807, 2.05) is 6.20 Å². The summed E-state index contributed by atoms with van der Waals surface area (Å²) < 4.78 is 0. The Kier molecular flexibility index (Phi) is 3.13. The van der Waals surface area contributed by atoms with E-state index in [4.69, 9.17) is 0 Å². The Morgan fingerprint density at radius 1 is 1.50 bits per heavy atom. The number of thiazole rings is 2. The monoisotopic (exact) mass is 279 g/mol. The number of hydrogen-bond acceptors (Lipinski definition) is 5. The van der Waals surface area contributed by atoms with Gasteiger partial charge in [-0.2, -0.15) is 0 Å². The number of nitrogens with one attached hydrogen (secondary N) is 1. The number of aromatic nitrogens is 2. The summed E-state index contributed by atoms with van der Waals surface area (Å²) in [7, 11) is 0. The molecule has 2 aromatic heterocycles. The van der Waals surface area contributed by atoms with Gasteiger partial charge in [0.2, 0.25) is 0 Å². The number of anilines is 1. The van der Waals surface area contributed by atoms with Crippen LogP contribution in [0.4, 0.5) is 5.13 Å². The molecule has 0 bridgehead atoms. The van der Waals surface area contributed by atoms with Gasteiger partial charge < -0.3 is 0 Å². The summed E-state index contributed by atoms with van der Waals surface area (Å²) in [6.07, 6.45) is 5.07. The van der Waals surface area contributed by atoms with Gasteiger partial charge in [-0.05, 0) is 19.3 Å². The number of amides is 1. The summed E-state index contributed by atoms with van der Waals surface area (Å²) in [5, 5.41) is 3.53. The van der Waals surface area contributed by atoms with Crippen LogP contribution in [0.15, 0.2) is 11.7 Å². The summed E-state index contributed by atoms with van der Waals surface area (Å²) >= 11 is 2.94. The van der Waals surface area contributed by atoms with Gasteiger partial charge in [0.05, 0.1) is 11.2 Å². The minimum Gasteiger partial charge on any atom is -0.297 e. The third-order valence-electron chi connectivity index (χ3n) is 2.89. The molecule has 6 heteroatoms. The van der Waals surface area contributed by atoms with Crippen LogP contribution >= 0.6 is 22.7 Å². The van der Waals surface area contributed by atoms with Crippen LogP contribution < -0.4 is 5.32 Å². The van der Waals surface area contributed by atoms with Gasteiger partial charge in [-0.15, -0.1) is 22.7 Å². The summed E-state index contributed by atoms with van der Waals surface area (Å²) in [5.74, 6) is 0.427. The molecule has 0 radical (unpaired) electrons. The molecule has 0 aliphatic heterocycles. The molecule has 1 aliphatic carbocycles. The van der Waals surface area contributed by atoms with Gasteiger partial charge in [0.25, 0.3) is 5.91 Å². The van der Waals surface area contributed by atoms with Gasteiger partial charge in [0, 0.05) is 17.0 Å². The molecule has 0 saturated heterocycles. The molecule has 1 saturated carbocycles. The molecule has 4 nitrogen and oxygen atoms in total. The molecule has 1 N–H and O–H groups in total. The van der Waals surface area contributed by atoms with E-state index in [-0.39, 0.29) is 5.91 Å². The zero-order valence-corrected chi connectivity index (χ0v) is 11.6. The summed E-state index contributed by atoms with van der Waals surface area (Å²) in [6.45, 7) is 2.08. The van der Waals surface area contributed by atoms with Crippen molar-refractivity contribution in [2.45, 2.75) is 32.1 Å². The van der Waals surface area contributed by atoms with Gasteiger partial charge in [-0.1, -0.05) is 6.92 Å². The Labute approximate surface area is 113 Å². The third-order valence-corrected chi connectivity index (χ3v) is 4.79. The fraction of sp³-hybridized carbons (Fsp3) is 0.417. The highest BCUT2D eigenvalue weighted by atomic mass is 32.1. The highest BCUT2D eigenvalue weighted by Crippen LogP contribution is 2.41. The maximum absolute atomic E-state index is 12.2. The summed E-state index contributed by atoms with van der Waals surface area (Å²) in [5.41, 5.74) is 2.71. The maximum Gasteiger partial charge on any atom is 0.269 e. The average molecular weight is 279 g/mol. The lowest BCUT2D eigenvalue weighted by Gasteiger charge is -2.00. The highest BCUT2D eigenvalue weighted by molar-refractivity contribution is 7.16. The van der Waals surface area contributed by atoms with Crippen molar-refractivity contribution in [1.29, 1.82) is 0 Å². The van der Waals surface area contributed by atoms with Crippen LogP contribution in [-0.4, -0.2) is 15.9 Å².